The summed E-state index contributed by atoms with van der Waals surface area (Å²) >= 11 is 4.43. The first-order chi connectivity index (χ1) is 18.4. The van der Waals surface area contributed by atoms with Crippen molar-refractivity contribution >= 4 is 23.5 Å². The van der Waals surface area contributed by atoms with Crippen molar-refractivity contribution in [1.82, 2.24) is 0 Å². The smallest absolute Gasteiger partial charge is 0.00597 e. The van der Waals surface area contributed by atoms with Crippen molar-refractivity contribution in [3.05, 3.63) is 0 Å². The number of hydrogen-bond acceptors (Lipinski definition) is 2. The van der Waals surface area contributed by atoms with Gasteiger partial charge in [0.25, 0.3) is 0 Å². The van der Waals surface area contributed by atoms with Crippen LogP contribution >= 0.6 is 23.5 Å². The van der Waals surface area contributed by atoms with E-state index in [0.29, 0.717) is 0 Å². The highest BCUT2D eigenvalue weighted by Gasteiger charge is 1.97. The average molecular weight is 557 g/mol. The molecule has 0 aromatic heterocycles. The van der Waals surface area contributed by atoms with Gasteiger partial charge in [-0.3, -0.25) is 0 Å². The Kier molecular flexibility index (Phi) is 37.4. The van der Waals surface area contributed by atoms with Gasteiger partial charge < -0.3 is 0 Å². The van der Waals surface area contributed by atoms with Crippen LogP contribution in [0.3, 0.4) is 0 Å². The molecule has 224 valence electrons. The molecular formula is C35H72S2. The molecule has 0 fully saturated rings. The van der Waals surface area contributed by atoms with Gasteiger partial charge in [0.15, 0.2) is 0 Å². The first kappa shape index (κ1) is 37.7. The lowest BCUT2D eigenvalue weighted by atomic mass is 10.0. The molecule has 0 spiro atoms. The Hall–Kier alpha value is 0.700. The number of unbranched alkanes of at least 4 members (excludes halogenated alkanes) is 26. The fourth-order valence-electron chi connectivity index (χ4n) is 5.26. The van der Waals surface area contributed by atoms with Crippen LogP contribution in [0.25, 0.3) is 0 Å². The van der Waals surface area contributed by atoms with Gasteiger partial charge in [0.05, 0.1) is 0 Å². The molecule has 0 radical (unpaired) electrons. The largest absolute Gasteiger partial charge is 0.162 e. The molecule has 37 heavy (non-hydrogen) atoms. The standard InChI is InChI=1S/C35H72S2/c1-3-5-7-9-11-13-15-17-19-21-23-25-27-29-32-36-34-31-35-37-33-30-28-26-24-22-20-18-16-14-12-10-8-6-4-2/h3-35H2,1-2H3. The Morgan fingerprint density at radius 1 is 0.216 bits per heavy atom. The molecule has 0 atom stereocenters. The summed E-state index contributed by atoms with van der Waals surface area (Å²) in [6, 6.07) is 0. The van der Waals surface area contributed by atoms with Gasteiger partial charge in [0.2, 0.25) is 0 Å². The zero-order valence-corrected chi connectivity index (χ0v) is 27.8. The first-order valence-electron chi connectivity index (χ1n) is 17.6. The van der Waals surface area contributed by atoms with E-state index in [0.717, 1.165) is 0 Å². The van der Waals surface area contributed by atoms with Gasteiger partial charge in [0, 0.05) is 0 Å². The summed E-state index contributed by atoms with van der Waals surface area (Å²) in [5.41, 5.74) is 0. The summed E-state index contributed by atoms with van der Waals surface area (Å²) in [7, 11) is 0. The van der Waals surface area contributed by atoms with E-state index in [1.165, 1.54) is 209 Å². The molecule has 0 amide bonds. The minimum absolute atomic E-state index is 1.37. The van der Waals surface area contributed by atoms with Crippen molar-refractivity contribution in [2.75, 3.05) is 23.0 Å². The predicted molar refractivity (Wildman–Crippen MR) is 180 cm³/mol. The van der Waals surface area contributed by atoms with Crippen LogP contribution < -0.4 is 0 Å². The first-order valence-corrected chi connectivity index (χ1v) is 19.9. The molecule has 0 aliphatic carbocycles. The second-order valence-electron chi connectivity index (χ2n) is 11.8. The van der Waals surface area contributed by atoms with Gasteiger partial charge in [-0.1, -0.05) is 181 Å². The summed E-state index contributed by atoms with van der Waals surface area (Å²) in [5, 5.41) is 0. The molecule has 0 bridgehead atoms. The molecule has 0 aromatic rings. The van der Waals surface area contributed by atoms with Gasteiger partial charge in [-0.2, -0.15) is 23.5 Å². The Labute approximate surface area is 245 Å². The maximum atomic E-state index is 2.31. The molecule has 0 heterocycles. The van der Waals surface area contributed by atoms with Crippen LogP contribution in [0.1, 0.15) is 200 Å². The molecule has 0 N–H and O–H groups in total. The second-order valence-corrected chi connectivity index (χ2v) is 14.2. The maximum Gasteiger partial charge on any atom is -0.00597 e. The van der Waals surface area contributed by atoms with Crippen molar-refractivity contribution in [3.63, 3.8) is 0 Å². The van der Waals surface area contributed by atoms with Crippen LogP contribution in [0.5, 0.6) is 0 Å². The Morgan fingerprint density at radius 3 is 0.649 bits per heavy atom. The normalized spacial score (nSPS) is 11.5. The minimum atomic E-state index is 1.37. The van der Waals surface area contributed by atoms with Crippen LogP contribution in [-0.2, 0) is 0 Å². The molecule has 0 nitrogen and oxygen atoms in total. The number of thioether (sulfide) groups is 2. The Balaban J connectivity index is 3.00. The van der Waals surface area contributed by atoms with Crippen LogP contribution in [-0.4, -0.2) is 23.0 Å². The van der Waals surface area contributed by atoms with Crippen molar-refractivity contribution in [1.29, 1.82) is 0 Å². The van der Waals surface area contributed by atoms with E-state index in [1.807, 2.05) is 0 Å². The summed E-state index contributed by atoms with van der Waals surface area (Å²) in [6.45, 7) is 4.61. The van der Waals surface area contributed by atoms with Crippen molar-refractivity contribution in [2.45, 2.75) is 200 Å². The van der Waals surface area contributed by atoms with Crippen LogP contribution in [0.15, 0.2) is 0 Å². The van der Waals surface area contributed by atoms with Crippen LogP contribution in [0.4, 0.5) is 0 Å². The zero-order valence-electron chi connectivity index (χ0n) is 26.2. The van der Waals surface area contributed by atoms with Gasteiger partial charge in [0.1, 0.15) is 0 Å². The van der Waals surface area contributed by atoms with E-state index < -0.39 is 0 Å². The maximum absolute atomic E-state index is 2.31. The van der Waals surface area contributed by atoms with Gasteiger partial charge >= 0.3 is 0 Å². The molecule has 0 aromatic carbocycles. The van der Waals surface area contributed by atoms with Gasteiger partial charge in [-0.15, -0.1) is 0 Å². The highest BCUT2D eigenvalue weighted by molar-refractivity contribution is 8.00. The number of rotatable bonds is 34. The monoisotopic (exact) mass is 557 g/mol. The minimum Gasteiger partial charge on any atom is -0.162 e. The van der Waals surface area contributed by atoms with Gasteiger partial charge in [-0.25, -0.2) is 0 Å². The van der Waals surface area contributed by atoms with E-state index in [1.54, 1.807) is 0 Å². The lowest BCUT2D eigenvalue weighted by Gasteiger charge is -2.05. The molecule has 0 saturated heterocycles. The third-order valence-corrected chi connectivity index (χ3v) is 10.2. The average Bonchev–Trinajstić information content (AvgIpc) is 2.91. The summed E-state index contributed by atoms with van der Waals surface area (Å²) < 4.78 is 0. The van der Waals surface area contributed by atoms with E-state index >= 15 is 0 Å². The summed E-state index contributed by atoms with van der Waals surface area (Å²) in [4.78, 5) is 0. The Bertz CT molecular complexity index is 336. The van der Waals surface area contributed by atoms with Gasteiger partial charge in [-0.05, 0) is 42.3 Å². The molecule has 0 aliphatic rings. The van der Waals surface area contributed by atoms with E-state index in [9.17, 15) is 0 Å². The fourth-order valence-corrected chi connectivity index (χ4v) is 7.37. The SMILES string of the molecule is CCCCCCCCCCCCCCCCSCCCSCCCCCCCCCCCCCCCC. The lowest BCUT2D eigenvalue weighted by Crippen LogP contribution is -1.90. The number of hydrogen-bond donors (Lipinski definition) is 0. The van der Waals surface area contributed by atoms with Crippen molar-refractivity contribution in [2.24, 2.45) is 0 Å². The third kappa shape index (κ3) is 36.7. The molecular weight excluding hydrogens is 485 g/mol. The van der Waals surface area contributed by atoms with Crippen LogP contribution in [0.2, 0.25) is 0 Å². The highest BCUT2D eigenvalue weighted by atomic mass is 32.2. The highest BCUT2D eigenvalue weighted by Crippen LogP contribution is 2.17. The summed E-state index contributed by atoms with van der Waals surface area (Å²) in [5.74, 6) is 5.59. The fraction of sp³-hybridized carbons (Fsp3) is 1.00. The third-order valence-electron chi connectivity index (χ3n) is 7.86. The summed E-state index contributed by atoms with van der Waals surface area (Å²) in [6.07, 6.45) is 42.5. The molecule has 2 heteroatoms. The quantitative estimate of drug-likeness (QED) is 0.0723. The van der Waals surface area contributed by atoms with Crippen LogP contribution in [0, 0.1) is 0 Å². The molecule has 0 saturated carbocycles. The Morgan fingerprint density at radius 2 is 0.405 bits per heavy atom. The molecule has 0 rings (SSSR count). The van der Waals surface area contributed by atoms with E-state index in [-0.39, 0.29) is 0 Å². The second kappa shape index (κ2) is 36.7. The zero-order chi connectivity index (χ0) is 26.7. The topological polar surface area (TPSA) is 0 Å². The molecule has 0 unspecified atom stereocenters. The predicted octanol–water partition coefficient (Wildman–Crippen LogP) is 13.8. The molecule has 0 aliphatic heterocycles. The van der Waals surface area contributed by atoms with E-state index in [4.69, 9.17) is 0 Å². The van der Waals surface area contributed by atoms with Crippen molar-refractivity contribution in [3.8, 4) is 0 Å². The van der Waals surface area contributed by atoms with Crippen molar-refractivity contribution < 1.29 is 0 Å². The lowest BCUT2D eigenvalue weighted by molar-refractivity contribution is 0.538. The van der Waals surface area contributed by atoms with E-state index in [2.05, 4.69) is 37.4 Å².